The Labute approximate surface area is 124 Å². The second-order valence-corrected chi connectivity index (χ2v) is 9.05. The van der Waals surface area contributed by atoms with Gasteiger partial charge in [-0.05, 0) is 41.9 Å². The molecule has 1 N–H and O–H groups in total. The lowest BCUT2D eigenvalue weighted by atomic mass is 10.2. The van der Waals surface area contributed by atoms with Gasteiger partial charge in [0.05, 0.1) is 8.81 Å². The van der Waals surface area contributed by atoms with Crippen molar-refractivity contribution in [2.75, 3.05) is 20.1 Å². The second kappa shape index (κ2) is 5.76. The Bertz CT molecular complexity index is 512. The van der Waals surface area contributed by atoms with Crippen molar-refractivity contribution in [1.82, 2.24) is 9.62 Å². The summed E-state index contributed by atoms with van der Waals surface area (Å²) in [6.45, 7) is 1.27. The third kappa shape index (κ3) is 2.76. The summed E-state index contributed by atoms with van der Waals surface area (Å²) in [5, 5.41) is 3.49. The third-order valence-corrected chi connectivity index (χ3v) is 7.82. The number of hydrogen-bond acceptors (Lipinski definition) is 4. The highest BCUT2D eigenvalue weighted by Crippen LogP contribution is 2.37. The minimum absolute atomic E-state index is 0.0413. The van der Waals surface area contributed by atoms with Gasteiger partial charge in [0.2, 0.25) is 0 Å². The molecule has 18 heavy (non-hydrogen) atoms. The zero-order valence-electron chi connectivity index (χ0n) is 9.82. The van der Waals surface area contributed by atoms with Gasteiger partial charge < -0.3 is 5.32 Å². The average molecular weight is 374 g/mol. The number of likely N-dealkylation sites (N-methyl/N-ethyl adjacent to an activating group) is 1. The molecule has 2 rings (SSSR count). The number of thiophene rings is 1. The van der Waals surface area contributed by atoms with E-state index >= 15 is 0 Å². The molecule has 8 heteroatoms. The van der Waals surface area contributed by atoms with Gasteiger partial charge in [0.15, 0.2) is 0 Å². The number of sulfonamides is 1. The molecular formula is C10H14BrClN2O2S2. The minimum atomic E-state index is -3.41. The Kier molecular flexibility index (Phi) is 4.72. The summed E-state index contributed by atoms with van der Waals surface area (Å²) in [4.78, 5) is 0. The summed E-state index contributed by atoms with van der Waals surface area (Å²) in [6.07, 6.45) is 1.81. The molecule has 1 aromatic rings. The van der Waals surface area contributed by atoms with Crippen molar-refractivity contribution >= 4 is 48.9 Å². The van der Waals surface area contributed by atoms with Crippen molar-refractivity contribution in [2.45, 2.75) is 23.1 Å². The van der Waals surface area contributed by atoms with Crippen molar-refractivity contribution in [3.63, 3.8) is 0 Å². The second-order valence-electron chi connectivity index (χ2n) is 4.16. The molecule has 1 atom stereocenters. The topological polar surface area (TPSA) is 49.4 Å². The van der Waals surface area contributed by atoms with Crippen LogP contribution < -0.4 is 5.32 Å². The van der Waals surface area contributed by atoms with Crippen LogP contribution in [-0.2, 0) is 10.0 Å². The summed E-state index contributed by atoms with van der Waals surface area (Å²) in [5.41, 5.74) is 0. The van der Waals surface area contributed by atoms with Crippen LogP contribution in [0.3, 0.4) is 0 Å². The van der Waals surface area contributed by atoms with E-state index < -0.39 is 10.0 Å². The molecule has 1 fully saturated rings. The number of nitrogens with one attached hydrogen (secondary N) is 1. The molecule has 4 nitrogen and oxygen atoms in total. The first-order chi connectivity index (χ1) is 8.46. The van der Waals surface area contributed by atoms with Crippen LogP contribution in [0.2, 0.25) is 5.02 Å². The fourth-order valence-corrected chi connectivity index (χ4v) is 6.36. The first-order valence-electron chi connectivity index (χ1n) is 5.58. The SMILES string of the molecule is CNCC1CCCN1S(=O)(=O)c1cc(Cl)c(Br)s1. The first-order valence-corrected chi connectivity index (χ1v) is 9.01. The Balaban J connectivity index is 2.30. The van der Waals surface area contributed by atoms with Gasteiger partial charge in [-0.2, -0.15) is 4.31 Å². The fraction of sp³-hybridized carbons (Fsp3) is 0.600. The molecule has 1 aliphatic rings. The van der Waals surface area contributed by atoms with Crippen LogP contribution in [0.5, 0.6) is 0 Å². The summed E-state index contributed by atoms with van der Waals surface area (Å²) in [6, 6.07) is 1.56. The normalized spacial score (nSPS) is 21.6. The van der Waals surface area contributed by atoms with Crippen molar-refractivity contribution < 1.29 is 8.42 Å². The van der Waals surface area contributed by atoms with Gasteiger partial charge in [-0.3, -0.25) is 0 Å². The number of rotatable bonds is 4. The molecule has 0 aliphatic carbocycles. The highest BCUT2D eigenvalue weighted by molar-refractivity contribution is 9.11. The number of nitrogens with zero attached hydrogens (tertiary/aromatic N) is 1. The van der Waals surface area contributed by atoms with E-state index in [0.717, 1.165) is 24.2 Å². The highest BCUT2D eigenvalue weighted by atomic mass is 79.9. The zero-order chi connectivity index (χ0) is 13.3. The Morgan fingerprint density at radius 3 is 2.94 bits per heavy atom. The highest BCUT2D eigenvalue weighted by Gasteiger charge is 2.36. The Morgan fingerprint density at radius 2 is 2.39 bits per heavy atom. The zero-order valence-corrected chi connectivity index (χ0v) is 13.8. The van der Waals surface area contributed by atoms with Crippen molar-refractivity contribution in [1.29, 1.82) is 0 Å². The summed E-state index contributed by atoms with van der Waals surface area (Å²) < 4.78 is 27.6. The lowest BCUT2D eigenvalue weighted by molar-refractivity contribution is 0.380. The monoisotopic (exact) mass is 372 g/mol. The van der Waals surface area contributed by atoms with E-state index in [1.165, 1.54) is 6.07 Å². The fourth-order valence-electron chi connectivity index (χ4n) is 2.13. The van der Waals surface area contributed by atoms with Crippen LogP contribution in [0.1, 0.15) is 12.8 Å². The maximum absolute atomic E-state index is 12.5. The molecule has 0 aromatic carbocycles. The lowest BCUT2D eigenvalue weighted by Crippen LogP contribution is -2.40. The van der Waals surface area contributed by atoms with Gasteiger partial charge in [0.1, 0.15) is 4.21 Å². The predicted molar refractivity (Wildman–Crippen MR) is 77.9 cm³/mol. The van der Waals surface area contributed by atoms with Gasteiger partial charge in [-0.1, -0.05) is 11.6 Å². The largest absolute Gasteiger partial charge is 0.318 e. The number of halogens is 2. The first kappa shape index (κ1) is 14.7. The molecule has 1 aliphatic heterocycles. The molecule has 1 aromatic heterocycles. The molecule has 1 unspecified atom stereocenters. The van der Waals surface area contributed by atoms with Gasteiger partial charge >= 0.3 is 0 Å². The van der Waals surface area contributed by atoms with Crippen LogP contribution in [0, 0.1) is 0 Å². The smallest absolute Gasteiger partial charge is 0.252 e. The van der Waals surface area contributed by atoms with E-state index in [-0.39, 0.29) is 6.04 Å². The van der Waals surface area contributed by atoms with Crippen molar-refractivity contribution in [2.24, 2.45) is 0 Å². The molecule has 0 amide bonds. The molecule has 0 radical (unpaired) electrons. The van der Waals surface area contributed by atoms with Gasteiger partial charge in [0.25, 0.3) is 10.0 Å². The summed E-state index contributed by atoms with van der Waals surface area (Å²) >= 11 is 10.3. The standard InChI is InChI=1S/C10H14BrClN2O2S2/c1-13-6-7-3-2-4-14(7)18(15,16)9-5-8(12)10(11)17-9/h5,7,13H,2-4,6H2,1H3. The maximum Gasteiger partial charge on any atom is 0.252 e. The van der Waals surface area contributed by atoms with E-state index in [1.807, 2.05) is 7.05 Å². The van der Waals surface area contributed by atoms with E-state index in [1.54, 1.807) is 4.31 Å². The quantitative estimate of drug-likeness (QED) is 0.882. The average Bonchev–Trinajstić information content (AvgIpc) is 2.88. The Morgan fingerprint density at radius 1 is 1.67 bits per heavy atom. The minimum Gasteiger partial charge on any atom is -0.318 e. The van der Waals surface area contributed by atoms with Crippen LogP contribution >= 0.6 is 38.9 Å². The molecular weight excluding hydrogens is 360 g/mol. The van der Waals surface area contributed by atoms with E-state index in [2.05, 4.69) is 21.2 Å². The molecule has 0 saturated carbocycles. The van der Waals surface area contributed by atoms with Crippen LogP contribution in [-0.4, -0.2) is 38.9 Å². The molecule has 1 saturated heterocycles. The third-order valence-electron chi connectivity index (χ3n) is 2.95. The maximum atomic E-state index is 12.5. The Hall–Kier alpha value is 0.340. The molecule has 2 heterocycles. The van der Waals surface area contributed by atoms with Gasteiger partial charge in [-0.25, -0.2) is 8.42 Å². The summed E-state index contributed by atoms with van der Waals surface area (Å²) in [5.74, 6) is 0. The van der Waals surface area contributed by atoms with Crippen LogP contribution in [0.4, 0.5) is 0 Å². The van der Waals surface area contributed by atoms with E-state index in [4.69, 9.17) is 11.6 Å². The van der Waals surface area contributed by atoms with Crippen LogP contribution in [0.25, 0.3) is 0 Å². The molecule has 0 bridgehead atoms. The molecule has 0 spiro atoms. The van der Waals surface area contributed by atoms with Crippen molar-refractivity contribution in [3.05, 3.63) is 14.9 Å². The van der Waals surface area contributed by atoms with Crippen LogP contribution in [0.15, 0.2) is 14.1 Å². The van der Waals surface area contributed by atoms with Gasteiger partial charge in [-0.15, -0.1) is 11.3 Å². The lowest BCUT2D eigenvalue weighted by Gasteiger charge is -2.22. The van der Waals surface area contributed by atoms with E-state index in [9.17, 15) is 8.42 Å². The summed E-state index contributed by atoms with van der Waals surface area (Å²) in [7, 11) is -1.58. The van der Waals surface area contributed by atoms with Crippen molar-refractivity contribution in [3.8, 4) is 0 Å². The molecule has 102 valence electrons. The predicted octanol–water partition coefficient (Wildman–Crippen LogP) is 2.54. The number of hydrogen-bond donors (Lipinski definition) is 1. The van der Waals surface area contributed by atoms with Gasteiger partial charge in [0, 0.05) is 19.1 Å². The van der Waals surface area contributed by atoms with E-state index in [0.29, 0.717) is 26.1 Å².